The molecule has 5 heteroatoms. The monoisotopic (exact) mass is 260 g/mol. The normalized spacial score (nSPS) is 15.5. The smallest absolute Gasteiger partial charge is 0.246 e. The van der Waals surface area contributed by atoms with Crippen LogP contribution < -0.4 is 4.90 Å². The maximum absolute atomic E-state index is 11.6. The van der Waals surface area contributed by atoms with Crippen molar-refractivity contribution in [3.63, 3.8) is 0 Å². The number of amides is 1. The molecule has 0 unspecified atom stereocenters. The first-order valence-electron chi connectivity index (χ1n) is 6.64. The van der Waals surface area contributed by atoms with Gasteiger partial charge in [0.05, 0.1) is 0 Å². The van der Waals surface area contributed by atoms with Gasteiger partial charge in [0, 0.05) is 37.4 Å². The van der Waals surface area contributed by atoms with E-state index in [1.54, 1.807) is 6.33 Å². The maximum Gasteiger partial charge on any atom is 0.246 e. The lowest BCUT2D eigenvalue weighted by Gasteiger charge is -2.35. The molecule has 0 saturated carbocycles. The molecule has 19 heavy (non-hydrogen) atoms. The van der Waals surface area contributed by atoms with Crippen LogP contribution in [0, 0.1) is 6.92 Å². The summed E-state index contributed by atoms with van der Waals surface area (Å²) in [5.74, 6) is 1.02. The third-order valence-electron chi connectivity index (χ3n) is 3.56. The molecule has 102 valence electrons. The van der Waals surface area contributed by atoms with Gasteiger partial charge in [-0.2, -0.15) is 0 Å². The number of hydrogen-bond donors (Lipinski definition) is 0. The van der Waals surface area contributed by atoms with Crippen molar-refractivity contribution in [2.45, 2.75) is 20.3 Å². The molecule has 1 aliphatic heterocycles. The van der Waals surface area contributed by atoms with E-state index in [9.17, 15) is 4.79 Å². The lowest BCUT2D eigenvalue weighted by molar-refractivity contribution is -0.126. The molecule has 5 nitrogen and oxygen atoms in total. The van der Waals surface area contributed by atoms with Crippen LogP contribution in [0.3, 0.4) is 0 Å². The van der Waals surface area contributed by atoms with Crippen molar-refractivity contribution in [3.8, 4) is 0 Å². The summed E-state index contributed by atoms with van der Waals surface area (Å²) >= 11 is 0. The van der Waals surface area contributed by atoms with Crippen LogP contribution in [0.15, 0.2) is 19.0 Å². The van der Waals surface area contributed by atoms with Gasteiger partial charge >= 0.3 is 0 Å². The van der Waals surface area contributed by atoms with Gasteiger partial charge in [0.1, 0.15) is 12.1 Å². The second-order valence-corrected chi connectivity index (χ2v) is 4.63. The SMILES string of the molecule is C=CC(=O)N1CCN(c2ncnc(C)c2CC)CC1. The van der Waals surface area contributed by atoms with Gasteiger partial charge < -0.3 is 9.80 Å². The molecule has 0 atom stereocenters. The highest BCUT2D eigenvalue weighted by Gasteiger charge is 2.22. The van der Waals surface area contributed by atoms with Crippen molar-refractivity contribution < 1.29 is 4.79 Å². The average Bonchev–Trinajstić information content (AvgIpc) is 2.46. The van der Waals surface area contributed by atoms with E-state index < -0.39 is 0 Å². The molecule has 1 fully saturated rings. The number of anilines is 1. The van der Waals surface area contributed by atoms with Crippen LogP contribution in [0.5, 0.6) is 0 Å². The van der Waals surface area contributed by atoms with Gasteiger partial charge in [0.25, 0.3) is 0 Å². The Hall–Kier alpha value is -1.91. The van der Waals surface area contributed by atoms with Crippen molar-refractivity contribution >= 4 is 11.7 Å². The molecular formula is C14H20N4O. The average molecular weight is 260 g/mol. The molecular weight excluding hydrogens is 240 g/mol. The lowest BCUT2D eigenvalue weighted by atomic mass is 10.1. The lowest BCUT2D eigenvalue weighted by Crippen LogP contribution is -2.48. The molecule has 1 aromatic heterocycles. The Labute approximate surface area is 114 Å². The minimum absolute atomic E-state index is 0.00855. The zero-order valence-electron chi connectivity index (χ0n) is 11.6. The number of piperazine rings is 1. The van der Waals surface area contributed by atoms with E-state index in [4.69, 9.17) is 0 Å². The van der Waals surface area contributed by atoms with E-state index in [0.717, 1.165) is 44.1 Å². The van der Waals surface area contributed by atoms with Gasteiger partial charge in [-0.1, -0.05) is 13.5 Å². The predicted octanol–water partition coefficient (Wildman–Crippen LogP) is 1.18. The number of carbonyl (C=O) groups is 1. The summed E-state index contributed by atoms with van der Waals surface area (Å²) in [5.41, 5.74) is 2.24. The van der Waals surface area contributed by atoms with Crippen LogP contribution in [0.25, 0.3) is 0 Å². The van der Waals surface area contributed by atoms with Gasteiger partial charge in [0.15, 0.2) is 0 Å². The van der Waals surface area contributed by atoms with Gasteiger partial charge in [0.2, 0.25) is 5.91 Å². The second kappa shape index (κ2) is 5.82. The Kier molecular flexibility index (Phi) is 4.14. The summed E-state index contributed by atoms with van der Waals surface area (Å²) in [6.45, 7) is 10.7. The zero-order valence-corrected chi connectivity index (χ0v) is 11.6. The third kappa shape index (κ3) is 2.75. The molecule has 0 spiro atoms. The Morgan fingerprint density at radius 1 is 1.37 bits per heavy atom. The number of nitrogens with zero attached hydrogens (tertiary/aromatic N) is 4. The number of hydrogen-bond acceptors (Lipinski definition) is 4. The highest BCUT2D eigenvalue weighted by molar-refractivity contribution is 5.87. The minimum Gasteiger partial charge on any atom is -0.353 e. The molecule has 1 aliphatic rings. The fraction of sp³-hybridized carbons (Fsp3) is 0.500. The van der Waals surface area contributed by atoms with E-state index in [1.807, 2.05) is 11.8 Å². The summed E-state index contributed by atoms with van der Waals surface area (Å²) in [7, 11) is 0. The van der Waals surface area contributed by atoms with Crippen molar-refractivity contribution in [1.29, 1.82) is 0 Å². The van der Waals surface area contributed by atoms with Crippen LogP contribution in [0.4, 0.5) is 5.82 Å². The zero-order chi connectivity index (χ0) is 13.8. The molecule has 2 rings (SSSR count). The number of rotatable bonds is 3. The van der Waals surface area contributed by atoms with Crippen molar-refractivity contribution in [1.82, 2.24) is 14.9 Å². The molecule has 0 bridgehead atoms. The fourth-order valence-corrected chi connectivity index (χ4v) is 2.44. The van der Waals surface area contributed by atoms with E-state index >= 15 is 0 Å². The van der Waals surface area contributed by atoms with E-state index in [0.29, 0.717) is 0 Å². The Morgan fingerprint density at radius 3 is 2.63 bits per heavy atom. The molecule has 1 aromatic rings. The van der Waals surface area contributed by atoms with Crippen molar-refractivity contribution in [2.75, 3.05) is 31.1 Å². The Balaban J connectivity index is 2.12. The molecule has 1 amide bonds. The summed E-state index contributed by atoms with van der Waals surface area (Å²) in [5, 5.41) is 0. The molecule has 0 aliphatic carbocycles. The first kappa shape index (κ1) is 13.5. The molecule has 1 saturated heterocycles. The molecule has 0 aromatic carbocycles. The van der Waals surface area contributed by atoms with Gasteiger partial charge in [-0.05, 0) is 19.4 Å². The van der Waals surface area contributed by atoms with Crippen LogP contribution >= 0.6 is 0 Å². The second-order valence-electron chi connectivity index (χ2n) is 4.63. The third-order valence-corrected chi connectivity index (χ3v) is 3.56. The summed E-state index contributed by atoms with van der Waals surface area (Å²) < 4.78 is 0. The maximum atomic E-state index is 11.6. The topological polar surface area (TPSA) is 49.3 Å². The van der Waals surface area contributed by atoms with Crippen LogP contribution in [0.2, 0.25) is 0 Å². The van der Waals surface area contributed by atoms with Crippen LogP contribution in [-0.4, -0.2) is 47.0 Å². The van der Waals surface area contributed by atoms with Crippen molar-refractivity contribution in [2.24, 2.45) is 0 Å². The van der Waals surface area contributed by atoms with E-state index in [2.05, 4.69) is 28.4 Å². The minimum atomic E-state index is 0.00855. The van der Waals surface area contributed by atoms with Gasteiger partial charge in [-0.15, -0.1) is 0 Å². The summed E-state index contributed by atoms with van der Waals surface area (Å²) in [4.78, 5) is 24.3. The van der Waals surface area contributed by atoms with Crippen LogP contribution in [0.1, 0.15) is 18.2 Å². The van der Waals surface area contributed by atoms with Crippen LogP contribution in [-0.2, 0) is 11.2 Å². The highest BCUT2D eigenvalue weighted by Crippen LogP contribution is 2.21. The number of aryl methyl sites for hydroxylation is 1. The largest absolute Gasteiger partial charge is 0.353 e. The first-order chi connectivity index (χ1) is 9.17. The van der Waals surface area contributed by atoms with E-state index in [1.165, 1.54) is 11.6 Å². The van der Waals surface area contributed by atoms with Crippen molar-refractivity contribution in [3.05, 3.63) is 30.2 Å². The Morgan fingerprint density at radius 2 is 2.05 bits per heavy atom. The molecule has 0 N–H and O–H groups in total. The summed E-state index contributed by atoms with van der Waals surface area (Å²) in [6.07, 6.45) is 3.92. The van der Waals surface area contributed by atoms with Gasteiger partial charge in [-0.25, -0.2) is 9.97 Å². The fourth-order valence-electron chi connectivity index (χ4n) is 2.44. The van der Waals surface area contributed by atoms with Gasteiger partial charge in [-0.3, -0.25) is 4.79 Å². The first-order valence-corrected chi connectivity index (χ1v) is 6.64. The Bertz CT molecular complexity index is 478. The predicted molar refractivity (Wildman–Crippen MR) is 75.1 cm³/mol. The molecule has 2 heterocycles. The standard InChI is InChI=1S/C14H20N4O/c1-4-12-11(3)15-10-16-14(12)18-8-6-17(7-9-18)13(19)5-2/h5,10H,2,4,6-9H2,1,3H3. The highest BCUT2D eigenvalue weighted by atomic mass is 16.2. The van der Waals surface area contributed by atoms with E-state index in [-0.39, 0.29) is 5.91 Å². The summed E-state index contributed by atoms with van der Waals surface area (Å²) in [6, 6.07) is 0. The molecule has 0 radical (unpaired) electrons. The number of carbonyl (C=O) groups excluding carboxylic acids is 1. The quantitative estimate of drug-likeness (QED) is 0.766. The number of aromatic nitrogens is 2.